The molecule has 0 amide bonds. The van der Waals surface area contributed by atoms with Gasteiger partial charge in [-0.25, -0.2) is 0 Å². The van der Waals surface area contributed by atoms with Gasteiger partial charge in [0.1, 0.15) is 12.7 Å². The first kappa shape index (κ1) is 12.6. The SMILES string of the molecule is CC(C(=O)O)C1COc2c(N)cc(Cl)c(N)c2O1. The van der Waals surface area contributed by atoms with Crippen LogP contribution in [-0.2, 0) is 4.79 Å². The lowest BCUT2D eigenvalue weighted by atomic mass is 10.0. The Bertz CT molecular complexity index is 506. The molecule has 0 aliphatic carbocycles. The number of carboxylic acids is 1. The third-order valence-corrected chi connectivity index (χ3v) is 3.17. The van der Waals surface area contributed by atoms with Gasteiger partial charge in [0.15, 0.2) is 11.5 Å². The molecule has 1 heterocycles. The topological polar surface area (TPSA) is 108 Å². The molecule has 0 saturated heterocycles. The van der Waals surface area contributed by atoms with Crippen molar-refractivity contribution in [1.29, 1.82) is 0 Å². The molecule has 1 aliphatic rings. The number of ether oxygens (including phenoxy) is 2. The van der Waals surface area contributed by atoms with Gasteiger partial charge in [-0.1, -0.05) is 11.6 Å². The molecular formula is C11H13ClN2O4. The molecule has 0 bridgehead atoms. The van der Waals surface area contributed by atoms with Gasteiger partial charge in [-0.3, -0.25) is 4.79 Å². The number of benzene rings is 1. The second kappa shape index (κ2) is 4.45. The Morgan fingerprint density at radius 3 is 2.83 bits per heavy atom. The molecule has 2 unspecified atom stereocenters. The van der Waals surface area contributed by atoms with E-state index in [1.165, 1.54) is 13.0 Å². The fourth-order valence-electron chi connectivity index (χ4n) is 1.66. The van der Waals surface area contributed by atoms with Gasteiger partial charge < -0.3 is 26.0 Å². The summed E-state index contributed by atoms with van der Waals surface area (Å²) in [4.78, 5) is 10.9. The summed E-state index contributed by atoms with van der Waals surface area (Å²) in [7, 11) is 0. The lowest BCUT2D eigenvalue weighted by Gasteiger charge is -2.30. The zero-order valence-electron chi connectivity index (χ0n) is 9.64. The van der Waals surface area contributed by atoms with Gasteiger partial charge in [0, 0.05) is 0 Å². The highest BCUT2D eigenvalue weighted by Crippen LogP contribution is 2.46. The van der Waals surface area contributed by atoms with Crippen LogP contribution in [0, 0.1) is 5.92 Å². The summed E-state index contributed by atoms with van der Waals surface area (Å²) in [6, 6.07) is 1.47. The molecule has 2 atom stereocenters. The van der Waals surface area contributed by atoms with E-state index < -0.39 is 18.0 Å². The van der Waals surface area contributed by atoms with E-state index in [9.17, 15) is 4.79 Å². The van der Waals surface area contributed by atoms with E-state index in [0.29, 0.717) is 11.4 Å². The number of hydrogen-bond acceptors (Lipinski definition) is 5. The first-order valence-electron chi connectivity index (χ1n) is 5.31. The molecule has 0 fully saturated rings. The van der Waals surface area contributed by atoms with E-state index in [0.717, 1.165) is 0 Å². The Balaban J connectivity index is 2.37. The van der Waals surface area contributed by atoms with Crippen molar-refractivity contribution < 1.29 is 19.4 Å². The number of hydrogen-bond donors (Lipinski definition) is 3. The molecule has 0 saturated carbocycles. The van der Waals surface area contributed by atoms with Gasteiger partial charge in [-0.2, -0.15) is 0 Å². The van der Waals surface area contributed by atoms with Crippen molar-refractivity contribution >= 4 is 28.9 Å². The Morgan fingerprint density at radius 2 is 2.22 bits per heavy atom. The van der Waals surface area contributed by atoms with Gasteiger partial charge in [0.2, 0.25) is 0 Å². The van der Waals surface area contributed by atoms with Crippen LogP contribution < -0.4 is 20.9 Å². The van der Waals surface area contributed by atoms with Crippen LogP contribution in [-0.4, -0.2) is 23.8 Å². The van der Waals surface area contributed by atoms with Crippen LogP contribution in [0.5, 0.6) is 11.5 Å². The third kappa shape index (κ3) is 1.99. The summed E-state index contributed by atoms with van der Waals surface area (Å²) in [5, 5.41) is 9.19. The summed E-state index contributed by atoms with van der Waals surface area (Å²) in [5.41, 5.74) is 12.0. The van der Waals surface area contributed by atoms with Crippen LogP contribution in [0.15, 0.2) is 6.07 Å². The number of carbonyl (C=O) groups is 1. The lowest BCUT2D eigenvalue weighted by molar-refractivity contribution is -0.145. The minimum atomic E-state index is -0.972. The molecule has 1 aromatic rings. The molecule has 6 nitrogen and oxygen atoms in total. The highest BCUT2D eigenvalue weighted by molar-refractivity contribution is 6.34. The van der Waals surface area contributed by atoms with Crippen molar-refractivity contribution in [3.8, 4) is 11.5 Å². The average Bonchev–Trinajstić information content (AvgIpc) is 2.34. The predicted octanol–water partition coefficient (Wildman–Crippen LogP) is 1.36. The van der Waals surface area contributed by atoms with E-state index in [1.807, 2.05) is 0 Å². The van der Waals surface area contributed by atoms with Crippen LogP contribution in [0.4, 0.5) is 11.4 Å². The van der Waals surface area contributed by atoms with E-state index in [1.54, 1.807) is 0 Å². The zero-order chi connectivity index (χ0) is 13.4. The molecule has 1 aliphatic heterocycles. The molecular weight excluding hydrogens is 260 g/mol. The van der Waals surface area contributed by atoms with Crippen LogP contribution in [0.1, 0.15) is 6.92 Å². The van der Waals surface area contributed by atoms with E-state index >= 15 is 0 Å². The number of aliphatic carboxylic acids is 1. The van der Waals surface area contributed by atoms with Gasteiger partial charge >= 0.3 is 5.97 Å². The quantitative estimate of drug-likeness (QED) is 0.702. The number of rotatable bonds is 2. The largest absolute Gasteiger partial charge is 0.484 e. The number of halogens is 1. The molecule has 1 aromatic carbocycles. The first-order chi connectivity index (χ1) is 8.41. The van der Waals surface area contributed by atoms with E-state index in [2.05, 4.69) is 0 Å². The lowest BCUT2D eigenvalue weighted by Crippen LogP contribution is -2.39. The summed E-state index contributed by atoms with van der Waals surface area (Å²) in [5.74, 6) is -1.17. The smallest absolute Gasteiger partial charge is 0.310 e. The zero-order valence-corrected chi connectivity index (χ0v) is 10.4. The second-order valence-corrected chi connectivity index (χ2v) is 4.52. The molecule has 7 heteroatoms. The van der Waals surface area contributed by atoms with Crippen LogP contribution in [0.2, 0.25) is 5.02 Å². The van der Waals surface area contributed by atoms with Crippen LogP contribution >= 0.6 is 11.6 Å². The van der Waals surface area contributed by atoms with Gasteiger partial charge in [0.25, 0.3) is 0 Å². The highest BCUT2D eigenvalue weighted by Gasteiger charge is 2.33. The molecule has 2 rings (SSSR count). The minimum Gasteiger partial charge on any atom is -0.484 e. The van der Waals surface area contributed by atoms with Crippen LogP contribution in [0.3, 0.4) is 0 Å². The van der Waals surface area contributed by atoms with E-state index in [-0.39, 0.29) is 23.1 Å². The number of nitrogen functional groups attached to an aromatic ring is 2. The van der Waals surface area contributed by atoms with Gasteiger partial charge in [-0.15, -0.1) is 0 Å². The molecule has 0 spiro atoms. The summed E-state index contributed by atoms with van der Waals surface area (Å²) < 4.78 is 11.0. The maximum Gasteiger partial charge on any atom is 0.310 e. The normalized spacial score (nSPS) is 19.3. The van der Waals surface area contributed by atoms with E-state index in [4.69, 9.17) is 37.6 Å². The van der Waals surface area contributed by atoms with Crippen molar-refractivity contribution in [2.24, 2.45) is 5.92 Å². The standard InChI is InChI=1S/C11H13ClN2O4/c1-4(11(15)16)7-3-17-9-6(13)2-5(12)8(14)10(9)18-7/h2,4,7H,3,13-14H2,1H3,(H,15,16). The maximum atomic E-state index is 10.9. The Kier molecular flexibility index (Phi) is 3.13. The van der Waals surface area contributed by atoms with Crippen molar-refractivity contribution in [3.05, 3.63) is 11.1 Å². The Hall–Kier alpha value is -1.82. The number of anilines is 2. The fourth-order valence-corrected chi connectivity index (χ4v) is 1.87. The molecule has 18 heavy (non-hydrogen) atoms. The Labute approximate surface area is 108 Å². The number of nitrogens with two attached hydrogens (primary N) is 2. The van der Waals surface area contributed by atoms with Gasteiger partial charge in [0.05, 0.1) is 22.3 Å². The van der Waals surface area contributed by atoms with Crippen molar-refractivity contribution in [2.45, 2.75) is 13.0 Å². The summed E-state index contributed by atoms with van der Waals surface area (Å²) >= 11 is 5.88. The summed E-state index contributed by atoms with van der Waals surface area (Å²) in [6.07, 6.45) is -0.629. The average molecular weight is 273 g/mol. The highest BCUT2D eigenvalue weighted by atomic mass is 35.5. The molecule has 5 N–H and O–H groups in total. The summed E-state index contributed by atoms with van der Waals surface area (Å²) in [6.45, 7) is 1.64. The van der Waals surface area contributed by atoms with Gasteiger partial charge in [-0.05, 0) is 13.0 Å². The third-order valence-electron chi connectivity index (χ3n) is 2.86. The van der Waals surface area contributed by atoms with Crippen molar-refractivity contribution in [1.82, 2.24) is 0 Å². The molecule has 0 radical (unpaired) electrons. The van der Waals surface area contributed by atoms with Crippen LogP contribution in [0.25, 0.3) is 0 Å². The minimum absolute atomic E-state index is 0.103. The van der Waals surface area contributed by atoms with Crippen molar-refractivity contribution in [2.75, 3.05) is 18.1 Å². The first-order valence-corrected chi connectivity index (χ1v) is 5.69. The number of fused-ring (bicyclic) bond motifs is 1. The van der Waals surface area contributed by atoms with Crippen molar-refractivity contribution in [3.63, 3.8) is 0 Å². The maximum absolute atomic E-state index is 10.9. The second-order valence-electron chi connectivity index (χ2n) is 4.11. The molecule has 0 aromatic heterocycles. The molecule has 98 valence electrons. The monoisotopic (exact) mass is 272 g/mol. The number of carboxylic acid groups (broad SMARTS) is 1. The predicted molar refractivity (Wildman–Crippen MR) is 67.0 cm³/mol. The fraction of sp³-hybridized carbons (Fsp3) is 0.364. The Morgan fingerprint density at radius 1 is 1.56 bits per heavy atom.